The molecular formula is C9H8N2OS. The Balaban J connectivity index is 2.88. The van der Waals surface area contributed by atoms with E-state index in [4.69, 9.17) is 5.73 Å². The topological polar surface area (TPSA) is 56.0 Å². The molecule has 0 atom stereocenters. The van der Waals surface area contributed by atoms with Gasteiger partial charge in [-0.05, 0) is 24.6 Å². The zero-order chi connectivity index (χ0) is 9.42. The average Bonchev–Trinajstić information content (AvgIpc) is 2.43. The summed E-state index contributed by atoms with van der Waals surface area (Å²) in [6.07, 6.45) is 0.814. The van der Waals surface area contributed by atoms with E-state index in [-0.39, 0.29) is 0 Å². The minimum atomic E-state index is 0.503. The number of carbonyl (C=O) groups is 1. The first-order valence-electron chi connectivity index (χ1n) is 3.82. The normalized spacial score (nSPS) is 10.5. The van der Waals surface area contributed by atoms with Gasteiger partial charge in [0.2, 0.25) is 0 Å². The van der Waals surface area contributed by atoms with Crippen LogP contribution in [0.1, 0.15) is 15.9 Å². The molecule has 1 heterocycles. The number of rotatable bonds is 1. The highest BCUT2D eigenvalue weighted by Crippen LogP contribution is 2.26. The Kier molecular flexibility index (Phi) is 1.77. The van der Waals surface area contributed by atoms with Crippen LogP contribution >= 0.6 is 11.3 Å². The van der Waals surface area contributed by atoms with Gasteiger partial charge in [0, 0.05) is 5.56 Å². The van der Waals surface area contributed by atoms with Crippen molar-refractivity contribution in [2.75, 3.05) is 5.73 Å². The van der Waals surface area contributed by atoms with Crippen molar-refractivity contribution in [2.45, 2.75) is 6.92 Å². The highest BCUT2D eigenvalue weighted by atomic mass is 32.1. The standard InChI is InChI=1S/C9H8N2OS/c1-5-2-6(4-12)8-7(3-5)13-9(10)11-8/h2-4H,1H3,(H2,10,11). The average molecular weight is 192 g/mol. The Morgan fingerprint density at radius 1 is 1.54 bits per heavy atom. The quantitative estimate of drug-likeness (QED) is 0.703. The van der Waals surface area contributed by atoms with E-state index >= 15 is 0 Å². The lowest BCUT2D eigenvalue weighted by Gasteiger charge is -1.94. The van der Waals surface area contributed by atoms with Crippen LogP contribution in [0.4, 0.5) is 5.13 Å². The summed E-state index contributed by atoms with van der Waals surface area (Å²) in [5, 5.41) is 0.503. The third kappa shape index (κ3) is 1.29. The molecule has 4 heteroatoms. The van der Waals surface area contributed by atoms with Gasteiger partial charge in [-0.1, -0.05) is 11.3 Å². The molecule has 0 unspecified atom stereocenters. The molecule has 0 spiro atoms. The molecule has 0 saturated heterocycles. The Morgan fingerprint density at radius 3 is 3.00 bits per heavy atom. The zero-order valence-corrected chi connectivity index (χ0v) is 7.89. The van der Waals surface area contributed by atoms with Crippen molar-refractivity contribution in [1.82, 2.24) is 4.98 Å². The predicted molar refractivity (Wildman–Crippen MR) is 54.2 cm³/mol. The lowest BCUT2D eigenvalue weighted by atomic mass is 10.1. The van der Waals surface area contributed by atoms with Crippen LogP contribution in [0.5, 0.6) is 0 Å². The van der Waals surface area contributed by atoms with Gasteiger partial charge in [0.1, 0.15) is 0 Å². The summed E-state index contributed by atoms with van der Waals surface area (Å²) in [4.78, 5) is 14.8. The molecule has 3 nitrogen and oxygen atoms in total. The van der Waals surface area contributed by atoms with Crippen LogP contribution in [0.25, 0.3) is 10.2 Å². The number of hydrogen-bond donors (Lipinski definition) is 1. The smallest absolute Gasteiger partial charge is 0.181 e. The van der Waals surface area contributed by atoms with E-state index in [9.17, 15) is 4.79 Å². The SMILES string of the molecule is Cc1cc(C=O)c2nc(N)sc2c1. The van der Waals surface area contributed by atoms with Gasteiger partial charge in [0.15, 0.2) is 11.4 Å². The molecule has 13 heavy (non-hydrogen) atoms. The summed E-state index contributed by atoms with van der Waals surface area (Å²) in [7, 11) is 0. The minimum absolute atomic E-state index is 0.503. The predicted octanol–water partition coefficient (Wildman–Crippen LogP) is 2.00. The number of hydrogen-bond acceptors (Lipinski definition) is 4. The molecule has 0 radical (unpaired) electrons. The van der Waals surface area contributed by atoms with Gasteiger partial charge < -0.3 is 5.73 Å². The van der Waals surface area contributed by atoms with Crippen molar-refractivity contribution in [3.63, 3.8) is 0 Å². The van der Waals surface area contributed by atoms with E-state index in [1.165, 1.54) is 11.3 Å². The lowest BCUT2D eigenvalue weighted by molar-refractivity contribution is 0.112. The van der Waals surface area contributed by atoms with E-state index in [1.54, 1.807) is 0 Å². The summed E-state index contributed by atoms with van der Waals surface area (Å²) in [6.45, 7) is 1.95. The fourth-order valence-corrected chi connectivity index (χ4v) is 2.17. The van der Waals surface area contributed by atoms with Crippen molar-refractivity contribution in [3.8, 4) is 0 Å². The maximum atomic E-state index is 10.7. The molecule has 0 saturated carbocycles. The van der Waals surface area contributed by atoms with Gasteiger partial charge in [-0.3, -0.25) is 4.79 Å². The number of carbonyl (C=O) groups excluding carboxylic acids is 1. The number of anilines is 1. The molecule has 0 amide bonds. The van der Waals surface area contributed by atoms with E-state index in [0.29, 0.717) is 16.2 Å². The second kappa shape index (κ2) is 2.81. The molecule has 2 rings (SSSR count). The molecule has 66 valence electrons. The summed E-state index contributed by atoms with van der Waals surface area (Å²) in [6, 6.07) is 3.80. The minimum Gasteiger partial charge on any atom is -0.375 e. The summed E-state index contributed by atoms with van der Waals surface area (Å²) < 4.78 is 0.972. The number of aromatic nitrogens is 1. The molecule has 0 aliphatic heterocycles. The third-order valence-electron chi connectivity index (χ3n) is 1.81. The second-order valence-corrected chi connectivity index (χ2v) is 3.93. The van der Waals surface area contributed by atoms with Gasteiger partial charge >= 0.3 is 0 Å². The fourth-order valence-electron chi connectivity index (χ4n) is 1.31. The number of aryl methyl sites for hydroxylation is 1. The second-order valence-electron chi connectivity index (χ2n) is 2.87. The first kappa shape index (κ1) is 8.19. The van der Waals surface area contributed by atoms with Crippen molar-refractivity contribution >= 4 is 33.0 Å². The number of aldehydes is 1. The van der Waals surface area contributed by atoms with Gasteiger partial charge in [-0.2, -0.15) is 0 Å². The largest absolute Gasteiger partial charge is 0.375 e. The van der Waals surface area contributed by atoms with Gasteiger partial charge in [-0.15, -0.1) is 0 Å². The van der Waals surface area contributed by atoms with Gasteiger partial charge in [0.25, 0.3) is 0 Å². The first-order valence-corrected chi connectivity index (χ1v) is 4.64. The van der Waals surface area contributed by atoms with E-state index in [2.05, 4.69) is 4.98 Å². The van der Waals surface area contributed by atoms with Crippen molar-refractivity contribution in [2.24, 2.45) is 0 Å². The van der Waals surface area contributed by atoms with Crippen molar-refractivity contribution in [1.29, 1.82) is 0 Å². The molecule has 0 aliphatic rings. The van der Waals surface area contributed by atoms with Crippen LogP contribution in [0.2, 0.25) is 0 Å². The highest BCUT2D eigenvalue weighted by Gasteiger charge is 2.06. The van der Waals surface area contributed by atoms with Crippen LogP contribution in [-0.4, -0.2) is 11.3 Å². The number of nitrogens with two attached hydrogens (primary N) is 1. The summed E-state index contributed by atoms with van der Waals surface area (Å²) in [5.74, 6) is 0. The van der Waals surface area contributed by atoms with Crippen LogP contribution < -0.4 is 5.73 Å². The highest BCUT2D eigenvalue weighted by molar-refractivity contribution is 7.22. The third-order valence-corrected chi connectivity index (χ3v) is 2.64. The number of fused-ring (bicyclic) bond motifs is 1. The van der Waals surface area contributed by atoms with Crippen molar-refractivity contribution in [3.05, 3.63) is 23.3 Å². The fraction of sp³-hybridized carbons (Fsp3) is 0.111. The molecule has 2 aromatic rings. The number of nitrogens with zero attached hydrogens (tertiary/aromatic N) is 1. The van der Waals surface area contributed by atoms with Crippen LogP contribution in [-0.2, 0) is 0 Å². The maximum absolute atomic E-state index is 10.7. The Morgan fingerprint density at radius 2 is 2.31 bits per heavy atom. The maximum Gasteiger partial charge on any atom is 0.181 e. The molecule has 0 bridgehead atoms. The van der Waals surface area contributed by atoms with Gasteiger partial charge in [-0.25, -0.2) is 4.98 Å². The van der Waals surface area contributed by atoms with Crippen molar-refractivity contribution < 1.29 is 4.79 Å². The molecule has 2 N–H and O–H groups in total. The first-order chi connectivity index (χ1) is 6.20. The Hall–Kier alpha value is -1.42. The molecule has 1 aromatic heterocycles. The van der Waals surface area contributed by atoms with Crippen LogP contribution in [0.15, 0.2) is 12.1 Å². The Labute approximate surface area is 79.2 Å². The summed E-state index contributed by atoms with van der Waals surface area (Å²) >= 11 is 1.40. The summed E-state index contributed by atoms with van der Waals surface area (Å²) in [5.41, 5.74) is 7.93. The molecule has 0 fully saturated rings. The lowest BCUT2D eigenvalue weighted by Crippen LogP contribution is -1.85. The Bertz CT molecular complexity index is 476. The molecule has 0 aliphatic carbocycles. The van der Waals surface area contributed by atoms with E-state index in [0.717, 1.165) is 16.5 Å². The number of nitrogen functional groups attached to an aromatic ring is 1. The van der Waals surface area contributed by atoms with Crippen LogP contribution in [0.3, 0.4) is 0 Å². The molecular weight excluding hydrogens is 184 g/mol. The van der Waals surface area contributed by atoms with E-state index < -0.39 is 0 Å². The van der Waals surface area contributed by atoms with Crippen LogP contribution in [0, 0.1) is 6.92 Å². The molecule has 1 aromatic carbocycles. The van der Waals surface area contributed by atoms with Gasteiger partial charge in [0.05, 0.1) is 10.2 Å². The monoisotopic (exact) mass is 192 g/mol. The van der Waals surface area contributed by atoms with E-state index in [1.807, 2.05) is 19.1 Å². The zero-order valence-electron chi connectivity index (χ0n) is 7.07. The number of benzene rings is 1. The number of thiazole rings is 1.